The average Bonchev–Trinajstić information content (AvgIpc) is 2.55. The fraction of sp³-hybridized carbons (Fsp3) is 0.562. The summed E-state index contributed by atoms with van der Waals surface area (Å²) in [4.78, 5) is 14.1. The van der Waals surface area contributed by atoms with Gasteiger partial charge in [0.25, 0.3) is 0 Å². The number of amides is 2. The van der Waals surface area contributed by atoms with Gasteiger partial charge in [0.1, 0.15) is 5.75 Å². The normalized spacial score (nSPS) is 15.3. The maximum absolute atomic E-state index is 11.8. The van der Waals surface area contributed by atoms with Crippen molar-refractivity contribution < 1.29 is 14.3 Å². The van der Waals surface area contributed by atoms with Crippen LogP contribution in [0.4, 0.5) is 10.5 Å². The van der Waals surface area contributed by atoms with Gasteiger partial charge in [0.05, 0.1) is 19.8 Å². The molecule has 1 fully saturated rings. The van der Waals surface area contributed by atoms with Gasteiger partial charge in [-0.1, -0.05) is 0 Å². The number of nitrogens with one attached hydrogen (secondary N) is 2. The van der Waals surface area contributed by atoms with E-state index in [9.17, 15) is 4.79 Å². The third-order valence-corrected chi connectivity index (χ3v) is 3.46. The number of carbonyl (C=O) groups is 1. The second kappa shape index (κ2) is 9.27. The van der Waals surface area contributed by atoms with Crippen molar-refractivity contribution in [3.05, 3.63) is 24.3 Å². The number of benzene rings is 1. The molecular formula is C16H25N3O3. The molecule has 0 unspecified atom stereocenters. The zero-order valence-electron chi connectivity index (χ0n) is 13.1. The van der Waals surface area contributed by atoms with Gasteiger partial charge in [-0.2, -0.15) is 0 Å². The van der Waals surface area contributed by atoms with Crippen LogP contribution in [-0.4, -0.2) is 56.9 Å². The molecule has 0 radical (unpaired) electrons. The molecule has 0 aliphatic carbocycles. The summed E-state index contributed by atoms with van der Waals surface area (Å²) in [6.07, 6.45) is 0.941. The van der Waals surface area contributed by atoms with Crippen molar-refractivity contribution in [2.45, 2.75) is 13.3 Å². The number of hydrogen-bond donors (Lipinski definition) is 2. The van der Waals surface area contributed by atoms with E-state index in [1.54, 1.807) is 0 Å². The Morgan fingerprint density at radius 2 is 2.00 bits per heavy atom. The van der Waals surface area contributed by atoms with Crippen molar-refractivity contribution in [2.24, 2.45) is 0 Å². The zero-order chi connectivity index (χ0) is 15.6. The summed E-state index contributed by atoms with van der Waals surface area (Å²) in [7, 11) is 0. The molecule has 1 aliphatic heterocycles. The van der Waals surface area contributed by atoms with Crippen LogP contribution >= 0.6 is 0 Å². The van der Waals surface area contributed by atoms with Crippen LogP contribution in [-0.2, 0) is 4.74 Å². The highest BCUT2D eigenvalue weighted by atomic mass is 16.5. The molecule has 0 saturated carbocycles. The van der Waals surface area contributed by atoms with Gasteiger partial charge in [0.2, 0.25) is 0 Å². The van der Waals surface area contributed by atoms with Gasteiger partial charge < -0.3 is 20.1 Å². The summed E-state index contributed by atoms with van der Waals surface area (Å²) in [5.41, 5.74) is 0.758. The first-order valence-electron chi connectivity index (χ1n) is 7.85. The Kier molecular flexibility index (Phi) is 6.99. The van der Waals surface area contributed by atoms with Crippen molar-refractivity contribution in [1.29, 1.82) is 0 Å². The summed E-state index contributed by atoms with van der Waals surface area (Å²) in [5.74, 6) is 0.805. The van der Waals surface area contributed by atoms with Crippen molar-refractivity contribution in [3.8, 4) is 5.75 Å². The molecule has 122 valence electrons. The largest absolute Gasteiger partial charge is 0.494 e. The molecule has 0 bridgehead atoms. The molecule has 1 saturated heterocycles. The lowest BCUT2D eigenvalue weighted by atomic mass is 10.3. The second-order valence-corrected chi connectivity index (χ2v) is 5.15. The molecule has 6 heteroatoms. The molecule has 1 heterocycles. The number of anilines is 1. The van der Waals surface area contributed by atoms with Gasteiger partial charge >= 0.3 is 6.03 Å². The minimum absolute atomic E-state index is 0.175. The first kappa shape index (κ1) is 16.6. The Labute approximate surface area is 131 Å². The molecule has 1 aromatic carbocycles. The average molecular weight is 307 g/mol. The number of hydrogen-bond acceptors (Lipinski definition) is 4. The van der Waals surface area contributed by atoms with Crippen LogP contribution in [0.1, 0.15) is 13.3 Å². The molecule has 6 nitrogen and oxygen atoms in total. The van der Waals surface area contributed by atoms with E-state index in [-0.39, 0.29) is 6.03 Å². The number of morpholine rings is 1. The summed E-state index contributed by atoms with van der Waals surface area (Å²) >= 11 is 0. The molecule has 0 spiro atoms. The number of ether oxygens (including phenoxy) is 2. The Balaban J connectivity index is 1.60. The minimum Gasteiger partial charge on any atom is -0.494 e. The van der Waals surface area contributed by atoms with Crippen molar-refractivity contribution in [1.82, 2.24) is 10.2 Å². The summed E-state index contributed by atoms with van der Waals surface area (Å²) in [6, 6.07) is 7.18. The maximum atomic E-state index is 11.8. The molecule has 1 aromatic rings. The maximum Gasteiger partial charge on any atom is 0.319 e. The topological polar surface area (TPSA) is 62.8 Å². The van der Waals surface area contributed by atoms with Crippen LogP contribution in [0, 0.1) is 0 Å². The smallest absolute Gasteiger partial charge is 0.319 e. The Morgan fingerprint density at radius 1 is 1.27 bits per heavy atom. The van der Waals surface area contributed by atoms with Crippen molar-refractivity contribution >= 4 is 11.7 Å². The molecule has 0 atom stereocenters. The van der Waals surface area contributed by atoms with Crippen LogP contribution in [0.3, 0.4) is 0 Å². The fourth-order valence-corrected chi connectivity index (χ4v) is 2.31. The van der Waals surface area contributed by atoms with Crippen molar-refractivity contribution in [3.63, 3.8) is 0 Å². The quantitative estimate of drug-likeness (QED) is 0.756. The predicted octanol–water partition coefficient (Wildman–Crippen LogP) is 1.93. The molecule has 0 aromatic heterocycles. The zero-order valence-corrected chi connectivity index (χ0v) is 13.1. The number of nitrogens with zero attached hydrogens (tertiary/aromatic N) is 1. The van der Waals surface area contributed by atoms with E-state index in [1.807, 2.05) is 31.2 Å². The molecule has 1 aliphatic rings. The van der Waals surface area contributed by atoms with E-state index < -0.39 is 0 Å². The molecule has 2 rings (SSSR count). The van der Waals surface area contributed by atoms with Gasteiger partial charge in [-0.25, -0.2) is 4.79 Å². The third-order valence-electron chi connectivity index (χ3n) is 3.46. The summed E-state index contributed by atoms with van der Waals surface area (Å²) < 4.78 is 10.7. The van der Waals surface area contributed by atoms with Gasteiger partial charge in [0.15, 0.2) is 0 Å². The minimum atomic E-state index is -0.175. The van der Waals surface area contributed by atoms with Crippen LogP contribution in [0.5, 0.6) is 5.75 Å². The van der Waals surface area contributed by atoms with E-state index in [2.05, 4.69) is 15.5 Å². The lowest BCUT2D eigenvalue weighted by molar-refractivity contribution is 0.0375. The van der Waals surface area contributed by atoms with E-state index in [0.717, 1.165) is 50.7 Å². The number of carbonyl (C=O) groups excluding carboxylic acids is 1. The highest BCUT2D eigenvalue weighted by molar-refractivity contribution is 5.89. The van der Waals surface area contributed by atoms with Crippen LogP contribution < -0.4 is 15.4 Å². The van der Waals surface area contributed by atoms with Gasteiger partial charge in [0, 0.05) is 25.3 Å². The monoisotopic (exact) mass is 307 g/mol. The van der Waals surface area contributed by atoms with Gasteiger partial charge in [-0.15, -0.1) is 0 Å². The first-order chi connectivity index (χ1) is 10.8. The second-order valence-electron chi connectivity index (χ2n) is 5.15. The van der Waals surface area contributed by atoms with Crippen LogP contribution in [0.15, 0.2) is 24.3 Å². The number of rotatable bonds is 7. The van der Waals surface area contributed by atoms with Gasteiger partial charge in [-0.05, 0) is 44.2 Å². The summed E-state index contributed by atoms with van der Waals surface area (Å²) in [6.45, 7) is 7.83. The molecule has 22 heavy (non-hydrogen) atoms. The molecule has 2 amide bonds. The predicted molar refractivity (Wildman–Crippen MR) is 86.5 cm³/mol. The standard InChI is InChI=1S/C16H25N3O3/c1-2-22-15-6-4-14(5-7-15)18-16(20)17-8-3-9-19-10-12-21-13-11-19/h4-7H,2-3,8-13H2,1H3,(H2,17,18,20). The van der Waals surface area contributed by atoms with E-state index in [0.29, 0.717) is 13.2 Å². The highest BCUT2D eigenvalue weighted by Crippen LogP contribution is 2.15. The Hall–Kier alpha value is -1.79. The lowest BCUT2D eigenvalue weighted by Gasteiger charge is -2.26. The lowest BCUT2D eigenvalue weighted by Crippen LogP contribution is -2.38. The Bertz CT molecular complexity index is 444. The van der Waals surface area contributed by atoms with E-state index in [4.69, 9.17) is 9.47 Å². The van der Waals surface area contributed by atoms with Gasteiger partial charge in [-0.3, -0.25) is 4.90 Å². The third kappa shape index (κ3) is 5.91. The Morgan fingerprint density at radius 3 is 2.68 bits per heavy atom. The molecular weight excluding hydrogens is 282 g/mol. The number of urea groups is 1. The summed E-state index contributed by atoms with van der Waals surface area (Å²) in [5, 5.41) is 5.68. The fourth-order valence-electron chi connectivity index (χ4n) is 2.31. The first-order valence-corrected chi connectivity index (χ1v) is 7.85. The van der Waals surface area contributed by atoms with Crippen LogP contribution in [0.2, 0.25) is 0 Å². The van der Waals surface area contributed by atoms with E-state index in [1.165, 1.54) is 0 Å². The molecule has 2 N–H and O–H groups in total. The van der Waals surface area contributed by atoms with E-state index >= 15 is 0 Å². The SMILES string of the molecule is CCOc1ccc(NC(=O)NCCCN2CCOCC2)cc1. The van der Waals surface area contributed by atoms with Crippen LogP contribution in [0.25, 0.3) is 0 Å². The highest BCUT2D eigenvalue weighted by Gasteiger charge is 2.09. The van der Waals surface area contributed by atoms with Crippen molar-refractivity contribution in [2.75, 3.05) is 51.3 Å².